The molecule has 9 heteroatoms. The van der Waals surface area contributed by atoms with Gasteiger partial charge in [0, 0.05) is 0 Å². The van der Waals surface area contributed by atoms with Gasteiger partial charge >= 0.3 is 5.97 Å². The van der Waals surface area contributed by atoms with E-state index in [1.807, 2.05) is 0 Å². The highest BCUT2D eigenvalue weighted by atomic mass is 16.5. The topological polar surface area (TPSA) is 165 Å². The molecule has 0 rings (SSSR count). The second-order valence-electron chi connectivity index (χ2n) is 3.56. The molecule has 9 nitrogen and oxygen atoms in total. The molecule has 5 unspecified atom stereocenters. The van der Waals surface area contributed by atoms with Crippen molar-refractivity contribution in [2.75, 3.05) is 13.7 Å². The molecule has 0 amide bonds. The molecule has 0 spiro atoms. The van der Waals surface area contributed by atoms with Gasteiger partial charge < -0.3 is 40.2 Å². The van der Waals surface area contributed by atoms with Crippen molar-refractivity contribution in [3.63, 3.8) is 0 Å². The summed E-state index contributed by atoms with van der Waals surface area (Å²) in [5.74, 6) is -0.597. The van der Waals surface area contributed by atoms with Gasteiger partial charge in [-0.25, -0.2) is 4.79 Å². The molecule has 0 heterocycles. The molecule has 0 saturated heterocycles. The zero-order valence-electron chi connectivity index (χ0n) is 10.6. The predicted molar refractivity (Wildman–Crippen MR) is 60.9 cm³/mol. The maximum atomic E-state index is 10.0. The van der Waals surface area contributed by atoms with Crippen molar-refractivity contribution in [2.45, 2.75) is 37.4 Å². The van der Waals surface area contributed by atoms with Gasteiger partial charge in [-0.15, -0.1) is 0 Å². The molecule has 114 valence electrons. The first-order valence-electron chi connectivity index (χ1n) is 5.27. The van der Waals surface area contributed by atoms with Gasteiger partial charge in [-0.1, -0.05) is 0 Å². The molecule has 0 aromatic heterocycles. The monoisotopic (exact) mass is 284 g/mol. The summed E-state index contributed by atoms with van der Waals surface area (Å²) in [6, 6.07) is 0. The lowest BCUT2D eigenvalue weighted by Gasteiger charge is -2.22. The Balaban J connectivity index is 0. The van der Waals surface area contributed by atoms with E-state index >= 15 is 0 Å². The highest BCUT2D eigenvalue weighted by Crippen LogP contribution is 2.02. The predicted octanol–water partition coefficient (Wildman–Crippen LogP) is -3.84. The summed E-state index contributed by atoms with van der Waals surface area (Å²) < 4.78 is 4.12. The van der Waals surface area contributed by atoms with E-state index in [4.69, 9.17) is 30.6 Å². The molecular weight excluding hydrogens is 264 g/mol. The van der Waals surface area contributed by atoms with Crippen molar-refractivity contribution in [2.24, 2.45) is 0 Å². The number of aldehydes is 1. The molecule has 0 aromatic carbocycles. The number of aliphatic hydroxyl groups excluding tert-OH is 6. The third-order valence-corrected chi connectivity index (χ3v) is 1.96. The molecule has 0 bridgehead atoms. The van der Waals surface area contributed by atoms with Crippen LogP contribution >= 0.6 is 0 Å². The van der Waals surface area contributed by atoms with Crippen LogP contribution in [0.25, 0.3) is 0 Å². The Kier molecular flexibility index (Phi) is 11.5. The third kappa shape index (κ3) is 8.59. The van der Waals surface area contributed by atoms with Crippen LogP contribution in [0.15, 0.2) is 0 Å². The molecule has 0 saturated carbocycles. The summed E-state index contributed by atoms with van der Waals surface area (Å²) in [5.41, 5.74) is 0. The number of hydrogen-bond donors (Lipinski definition) is 6. The highest BCUT2D eigenvalue weighted by Gasteiger charge is 2.29. The quantitative estimate of drug-likeness (QED) is 0.211. The number of aliphatic hydroxyl groups is 6. The van der Waals surface area contributed by atoms with Gasteiger partial charge in [0.25, 0.3) is 0 Å². The Bertz CT molecular complexity index is 255. The maximum absolute atomic E-state index is 10.0. The Morgan fingerprint density at radius 3 is 1.84 bits per heavy atom. The van der Waals surface area contributed by atoms with Gasteiger partial charge in [-0.05, 0) is 6.92 Å². The van der Waals surface area contributed by atoms with Crippen LogP contribution in [-0.2, 0) is 14.3 Å². The van der Waals surface area contributed by atoms with Crippen LogP contribution in [0.5, 0.6) is 0 Å². The molecule has 19 heavy (non-hydrogen) atoms. The summed E-state index contributed by atoms with van der Waals surface area (Å²) in [6.07, 6.45) is -7.83. The minimum atomic E-state index is -1.79. The molecule has 0 aromatic rings. The van der Waals surface area contributed by atoms with Crippen LogP contribution in [0.4, 0.5) is 0 Å². The van der Waals surface area contributed by atoms with E-state index in [1.165, 1.54) is 14.0 Å². The largest absolute Gasteiger partial charge is 0.467 e. The SMILES string of the molecule is COC(=O)C(C)O.O=CC(O)C(O)C(O)C(O)CO. The van der Waals surface area contributed by atoms with E-state index in [-0.39, 0.29) is 6.29 Å². The fraction of sp³-hybridized carbons (Fsp3) is 0.800. The third-order valence-electron chi connectivity index (χ3n) is 1.96. The Morgan fingerprint density at radius 1 is 1.16 bits per heavy atom. The number of carbonyl (C=O) groups is 2. The minimum Gasteiger partial charge on any atom is -0.467 e. The van der Waals surface area contributed by atoms with E-state index in [0.29, 0.717) is 0 Å². The maximum Gasteiger partial charge on any atom is 0.334 e. The molecular formula is C10H20O9. The van der Waals surface area contributed by atoms with Crippen LogP contribution in [0, 0.1) is 0 Å². The van der Waals surface area contributed by atoms with Crippen molar-refractivity contribution < 1.29 is 45.0 Å². The van der Waals surface area contributed by atoms with Gasteiger partial charge in [0.2, 0.25) is 0 Å². The lowest BCUT2D eigenvalue weighted by Crippen LogP contribution is -2.46. The minimum absolute atomic E-state index is 0.0258. The summed E-state index contributed by atoms with van der Waals surface area (Å²) in [5, 5.41) is 51.9. The number of ether oxygens (including phenoxy) is 1. The van der Waals surface area contributed by atoms with Gasteiger partial charge in [0.05, 0.1) is 13.7 Å². The number of esters is 1. The van der Waals surface area contributed by atoms with Crippen molar-refractivity contribution in [3.05, 3.63) is 0 Å². The normalized spacial score (nSPS) is 18.1. The average molecular weight is 284 g/mol. The van der Waals surface area contributed by atoms with Crippen molar-refractivity contribution in [1.82, 2.24) is 0 Å². The molecule has 0 aliphatic rings. The van der Waals surface area contributed by atoms with Crippen molar-refractivity contribution in [3.8, 4) is 0 Å². The Hall–Kier alpha value is -1.10. The molecule has 0 aliphatic heterocycles. The summed E-state index contributed by atoms with van der Waals surface area (Å²) in [7, 11) is 1.23. The second-order valence-corrected chi connectivity index (χ2v) is 3.56. The standard InChI is InChI=1S/C6H12O6.C4H8O3/c7-1-3(9)5(11)6(12)4(10)2-8;1-3(5)4(6)7-2/h1,3-6,8-12H,2H2;3,5H,1-2H3. The average Bonchev–Trinajstić information content (AvgIpc) is 2.43. The van der Waals surface area contributed by atoms with E-state index in [2.05, 4.69) is 4.74 Å². The van der Waals surface area contributed by atoms with Gasteiger partial charge in [0.1, 0.15) is 30.5 Å². The van der Waals surface area contributed by atoms with Crippen LogP contribution in [0.3, 0.4) is 0 Å². The van der Waals surface area contributed by atoms with Crippen molar-refractivity contribution >= 4 is 12.3 Å². The number of rotatable bonds is 6. The fourth-order valence-electron chi connectivity index (χ4n) is 0.789. The second kappa shape index (κ2) is 10.8. The van der Waals surface area contributed by atoms with Crippen LogP contribution in [-0.4, -0.2) is 87.1 Å². The Morgan fingerprint density at radius 2 is 1.63 bits per heavy atom. The zero-order chi connectivity index (χ0) is 15.6. The zero-order valence-corrected chi connectivity index (χ0v) is 10.6. The first-order chi connectivity index (χ1) is 8.72. The van der Waals surface area contributed by atoms with E-state index in [0.717, 1.165) is 0 Å². The fourth-order valence-corrected chi connectivity index (χ4v) is 0.789. The lowest BCUT2D eigenvalue weighted by molar-refractivity contribution is -0.149. The van der Waals surface area contributed by atoms with E-state index in [1.54, 1.807) is 0 Å². The summed E-state index contributed by atoms with van der Waals surface area (Å²) in [6.45, 7) is 0.593. The molecule has 0 radical (unpaired) electrons. The first kappa shape index (κ1) is 20.2. The number of methoxy groups -OCH3 is 1. The van der Waals surface area contributed by atoms with Gasteiger partial charge in [-0.3, -0.25) is 0 Å². The van der Waals surface area contributed by atoms with Crippen molar-refractivity contribution in [1.29, 1.82) is 0 Å². The molecule has 6 N–H and O–H groups in total. The summed E-state index contributed by atoms with van der Waals surface area (Å²) in [4.78, 5) is 19.9. The van der Waals surface area contributed by atoms with Crippen LogP contribution in [0.2, 0.25) is 0 Å². The summed E-state index contributed by atoms with van der Waals surface area (Å²) >= 11 is 0. The van der Waals surface area contributed by atoms with E-state index in [9.17, 15) is 9.59 Å². The smallest absolute Gasteiger partial charge is 0.334 e. The molecule has 5 atom stereocenters. The molecule has 0 aliphatic carbocycles. The Labute approximate surface area is 109 Å². The van der Waals surface area contributed by atoms with Gasteiger partial charge in [-0.2, -0.15) is 0 Å². The number of hydrogen-bond acceptors (Lipinski definition) is 9. The number of carbonyl (C=O) groups excluding carboxylic acids is 2. The van der Waals surface area contributed by atoms with E-state index < -0.39 is 43.1 Å². The highest BCUT2D eigenvalue weighted by molar-refractivity contribution is 5.73. The van der Waals surface area contributed by atoms with Crippen LogP contribution in [0.1, 0.15) is 6.92 Å². The first-order valence-corrected chi connectivity index (χ1v) is 5.27. The molecule has 0 fully saturated rings. The van der Waals surface area contributed by atoms with Gasteiger partial charge in [0.15, 0.2) is 6.29 Å². The lowest BCUT2D eigenvalue weighted by atomic mass is 10.0. The van der Waals surface area contributed by atoms with Crippen LogP contribution < -0.4 is 0 Å².